The number of rotatable bonds is 10. The van der Waals surface area contributed by atoms with Gasteiger partial charge in [-0.15, -0.1) is 0 Å². The molecule has 0 fully saturated rings. The molecule has 0 spiro atoms. The molecule has 2 rings (SSSR count). The fraction of sp³-hybridized carbons (Fsp3) is 0.368. The van der Waals surface area contributed by atoms with E-state index in [1.807, 2.05) is 13.0 Å². The number of ether oxygens (including phenoxy) is 3. The number of nitrogens with one attached hydrogen (secondary N) is 1. The van der Waals surface area contributed by atoms with Crippen LogP contribution in [0.1, 0.15) is 18.1 Å². The molecule has 0 atom stereocenters. The maximum atomic E-state index is 13.9. The molecule has 0 amide bonds. The van der Waals surface area contributed by atoms with Gasteiger partial charge in [0.15, 0.2) is 11.5 Å². The summed E-state index contributed by atoms with van der Waals surface area (Å²) in [6.07, 6.45) is 0. The summed E-state index contributed by atoms with van der Waals surface area (Å²) >= 11 is 12.4. The lowest BCUT2D eigenvalue weighted by atomic mass is 10.2. The lowest BCUT2D eigenvalue weighted by Crippen LogP contribution is -2.18. The molecule has 0 aliphatic carbocycles. The van der Waals surface area contributed by atoms with Crippen molar-refractivity contribution >= 4 is 23.2 Å². The Labute approximate surface area is 163 Å². The Bertz CT molecular complexity index is 708. The van der Waals surface area contributed by atoms with Gasteiger partial charge in [-0.3, -0.25) is 0 Å². The first-order chi connectivity index (χ1) is 12.6. The van der Waals surface area contributed by atoms with Gasteiger partial charge in [-0.2, -0.15) is 0 Å². The Balaban J connectivity index is 2.15. The Morgan fingerprint density at radius 2 is 1.85 bits per heavy atom. The van der Waals surface area contributed by atoms with Crippen LogP contribution in [0, 0.1) is 5.82 Å². The molecule has 0 saturated heterocycles. The van der Waals surface area contributed by atoms with Crippen LogP contribution in [0.4, 0.5) is 4.39 Å². The maximum Gasteiger partial charge on any atom is 0.163 e. The molecule has 0 aliphatic heterocycles. The third-order valence-electron chi connectivity index (χ3n) is 3.64. The molecular weight excluding hydrogens is 380 g/mol. The van der Waals surface area contributed by atoms with Gasteiger partial charge in [0.2, 0.25) is 0 Å². The number of hydrogen-bond acceptors (Lipinski definition) is 4. The highest BCUT2D eigenvalue weighted by molar-refractivity contribution is 6.31. The lowest BCUT2D eigenvalue weighted by Gasteiger charge is -2.16. The van der Waals surface area contributed by atoms with Crippen LogP contribution in [-0.4, -0.2) is 26.9 Å². The third-order valence-corrected chi connectivity index (χ3v) is 4.35. The first-order valence-electron chi connectivity index (χ1n) is 8.27. The predicted molar refractivity (Wildman–Crippen MR) is 102 cm³/mol. The molecule has 0 aromatic heterocycles. The molecular formula is C19H22Cl2FNO3. The zero-order chi connectivity index (χ0) is 18.9. The molecule has 0 aliphatic rings. The standard InChI is InChI=1S/C19H22Cl2FNO3/c1-3-25-18-9-13(11-23-7-8-24-2)16(21)10-19(18)26-12-14-15(20)5-4-6-17(14)22/h4-6,9-10,23H,3,7-8,11-12H2,1-2H3. The molecule has 2 aromatic rings. The quantitative estimate of drug-likeness (QED) is 0.577. The number of benzene rings is 2. The lowest BCUT2D eigenvalue weighted by molar-refractivity contribution is 0.199. The van der Waals surface area contributed by atoms with Crippen LogP contribution in [0.3, 0.4) is 0 Å². The smallest absolute Gasteiger partial charge is 0.163 e. The summed E-state index contributed by atoms with van der Waals surface area (Å²) in [4.78, 5) is 0. The Morgan fingerprint density at radius 3 is 2.54 bits per heavy atom. The predicted octanol–water partition coefficient (Wildman–Crippen LogP) is 4.85. The largest absolute Gasteiger partial charge is 0.490 e. The van der Waals surface area contributed by atoms with E-state index in [2.05, 4.69) is 5.32 Å². The minimum atomic E-state index is -0.416. The second-order valence-electron chi connectivity index (χ2n) is 5.48. The van der Waals surface area contributed by atoms with Crippen molar-refractivity contribution in [1.29, 1.82) is 0 Å². The summed E-state index contributed by atoms with van der Waals surface area (Å²) in [5.41, 5.74) is 1.17. The van der Waals surface area contributed by atoms with Crippen molar-refractivity contribution in [1.82, 2.24) is 5.32 Å². The molecule has 26 heavy (non-hydrogen) atoms. The normalized spacial score (nSPS) is 10.8. The van der Waals surface area contributed by atoms with E-state index in [9.17, 15) is 4.39 Å². The zero-order valence-corrected chi connectivity index (χ0v) is 16.3. The minimum absolute atomic E-state index is 0.0205. The molecule has 7 heteroatoms. The second-order valence-corrected chi connectivity index (χ2v) is 6.30. The molecule has 0 radical (unpaired) electrons. The summed E-state index contributed by atoms with van der Waals surface area (Å²) in [6.45, 7) is 4.22. The van der Waals surface area contributed by atoms with Gasteiger partial charge in [0, 0.05) is 36.9 Å². The van der Waals surface area contributed by atoms with Gasteiger partial charge < -0.3 is 19.5 Å². The van der Waals surface area contributed by atoms with Gasteiger partial charge in [-0.1, -0.05) is 29.3 Å². The van der Waals surface area contributed by atoms with Crippen molar-refractivity contribution in [2.75, 3.05) is 26.9 Å². The van der Waals surface area contributed by atoms with Gasteiger partial charge in [0.1, 0.15) is 12.4 Å². The van der Waals surface area contributed by atoms with E-state index in [1.165, 1.54) is 6.07 Å². The van der Waals surface area contributed by atoms with Crippen LogP contribution in [-0.2, 0) is 17.9 Å². The van der Waals surface area contributed by atoms with Crippen LogP contribution < -0.4 is 14.8 Å². The van der Waals surface area contributed by atoms with E-state index in [4.69, 9.17) is 37.4 Å². The number of methoxy groups -OCH3 is 1. The Kier molecular flexibility index (Phi) is 8.45. The van der Waals surface area contributed by atoms with Crippen molar-refractivity contribution in [3.8, 4) is 11.5 Å². The van der Waals surface area contributed by atoms with Crippen LogP contribution in [0.2, 0.25) is 10.0 Å². The average Bonchev–Trinajstić information content (AvgIpc) is 2.61. The molecule has 2 aromatic carbocycles. The topological polar surface area (TPSA) is 39.7 Å². The molecule has 1 N–H and O–H groups in total. The van der Waals surface area contributed by atoms with E-state index in [0.29, 0.717) is 47.8 Å². The molecule has 0 saturated carbocycles. The highest BCUT2D eigenvalue weighted by Gasteiger charge is 2.14. The van der Waals surface area contributed by atoms with Gasteiger partial charge in [-0.25, -0.2) is 4.39 Å². The summed E-state index contributed by atoms with van der Waals surface area (Å²) in [5, 5.41) is 4.08. The van der Waals surface area contributed by atoms with Crippen LogP contribution in [0.25, 0.3) is 0 Å². The van der Waals surface area contributed by atoms with Crippen molar-refractivity contribution in [3.05, 3.63) is 57.3 Å². The monoisotopic (exact) mass is 401 g/mol. The highest BCUT2D eigenvalue weighted by Crippen LogP contribution is 2.35. The molecule has 142 valence electrons. The summed E-state index contributed by atoms with van der Waals surface area (Å²) in [5.74, 6) is 0.574. The fourth-order valence-corrected chi connectivity index (χ4v) is 2.75. The Morgan fingerprint density at radius 1 is 1.08 bits per heavy atom. The molecule has 0 unspecified atom stereocenters. The third kappa shape index (κ3) is 5.74. The maximum absolute atomic E-state index is 13.9. The Hall–Kier alpha value is -1.53. The molecule has 4 nitrogen and oxygen atoms in total. The highest BCUT2D eigenvalue weighted by atomic mass is 35.5. The zero-order valence-electron chi connectivity index (χ0n) is 14.8. The SMILES string of the molecule is CCOc1cc(CNCCOC)c(Cl)cc1OCc1c(F)cccc1Cl. The van der Waals surface area contributed by atoms with E-state index >= 15 is 0 Å². The van der Waals surface area contributed by atoms with E-state index < -0.39 is 5.82 Å². The van der Waals surface area contributed by atoms with Gasteiger partial charge in [0.05, 0.1) is 18.2 Å². The van der Waals surface area contributed by atoms with E-state index in [0.717, 1.165) is 5.56 Å². The number of halogens is 3. The van der Waals surface area contributed by atoms with Crippen LogP contribution in [0.15, 0.2) is 30.3 Å². The molecule has 0 bridgehead atoms. The summed E-state index contributed by atoms with van der Waals surface area (Å²) in [7, 11) is 1.65. The first kappa shape index (κ1) is 20.8. The number of hydrogen-bond donors (Lipinski definition) is 1. The van der Waals surface area contributed by atoms with Crippen LogP contribution in [0.5, 0.6) is 11.5 Å². The van der Waals surface area contributed by atoms with E-state index in [-0.39, 0.29) is 12.2 Å². The summed E-state index contributed by atoms with van der Waals surface area (Å²) < 4.78 is 30.3. The van der Waals surface area contributed by atoms with Crippen molar-refractivity contribution in [3.63, 3.8) is 0 Å². The first-order valence-corrected chi connectivity index (χ1v) is 9.03. The van der Waals surface area contributed by atoms with Crippen molar-refractivity contribution in [2.24, 2.45) is 0 Å². The summed E-state index contributed by atoms with van der Waals surface area (Å²) in [6, 6.07) is 8.01. The second kappa shape index (κ2) is 10.6. The minimum Gasteiger partial charge on any atom is -0.490 e. The van der Waals surface area contributed by atoms with Crippen molar-refractivity contribution in [2.45, 2.75) is 20.1 Å². The van der Waals surface area contributed by atoms with Crippen molar-refractivity contribution < 1.29 is 18.6 Å². The average molecular weight is 402 g/mol. The molecule has 0 heterocycles. The van der Waals surface area contributed by atoms with Crippen LogP contribution >= 0.6 is 23.2 Å². The van der Waals surface area contributed by atoms with Gasteiger partial charge in [-0.05, 0) is 30.7 Å². The van der Waals surface area contributed by atoms with Gasteiger partial charge >= 0.3 is 0 Å². The van der Waals surface area contributed by atoms with Gasteiger partial charge in [0.25, 0.3) is 0 Å². The van der Waals surface area contributed by atoms with E-state index in [1.54, 1.807) is 25.3 Å². The fourth-order valence-electron chi connectivity index (χ4n) is 2.31.